The molecule has 0 aliphatic carbocycles. The minimum Gasteiger partial charge on any atom is -0.323 e. The maximum absolute atomic E-state index is 12.9. The van der Waals surface area contributed by atoms with Crippen LogP contribution in [0, 0.1) is 6.92 Å². The average molecular weight is 367 g/mol. The number of amides is 1. The highest BCUT2D eigenvalue weighted by Gasteiger charge is 2.18. The van der Waals surface area contributed by atoms with Crippen LogP contribution < -0.4 is 10.2 Å². The van der Waals surface area contributed by atoms with Gasteiger partial charge in [-0.15, -0.1) is 0 Å². The lowest BCUT2D eigenvalue weighted by Crippen LogP contribution is -2.31. The number of benzene rings is 2. The Bertz CT molecular complexity index is 929. The molecule has 0 aliphatic heterocycles. The first-order chi connectivity index (χ1) is 12.6. The zero-order valence-electron chi connectivity index (χ0n) is 14.6. The molecule has 1 aromatic heterocycles. The number of rotatable bonds is 5. The summed E-state index contributed by atoms with van der Waals surface area (Å²) in [6, 6.07) is 16.7. The molecule has 1 N–H and O–H groups in total. The van der Waals surface area contributed by atoms with Crippen molar-refractivity contribution in [1.82, 2.24) is 9.97 Å². The van der Waals surface area contributed by atoms with Gasteiger partial charge in [0.25, 0.3) is 5.91 Å². The molecule has 0 fully saturated rings. The third-order valence-electron chi connectivity index (χ3n) is 3.87. The monoisotopic (exact) mass is 366 g/mol. The highest BCUT2D eigenvalue weighted by Crippen LogP contribution is 2.23. The molecular formula is C20H19ClN4O. The van der Waals surface area contributed by atoms with Gasteiger partial charge in [-0.3, -0.25) is 4.79 Å². The number of carbonyl (C=O) groups is 1. The molecule has 0 saturated heterocycles. The summed E-state index contributed by atoms with van der Waals surface area (Å²) in [6.45, 7) is 4.47. The summed E-state index contributed by atoms with van der Waals surface area (Å²) >= 11 is 6.15. The normalized spacial score (nSPS) is 10.4. The van der Waals surface area contributed by atoms with Crippen molar-refractivity contribution in [3.63, 3.8) is 0 Å². The van der Waals surface area contributed by atoms with Crippen molar-refractivity contribution in [1.29, 1.82) is 0 Å². The second-order valence-corrected chi connectivity index (χ2v) is 6.17. The van der Waals surface area contributed by atoms with Gasteiger partial charge < -0.3 is 10.2 Å². The fourth-order valence-corrected chi connectivity index (χ4v) is 2.78. The molecule has 1 amide bonds. The number of carbonyl (C=O) groups excluding carboxylic acids is 1. The van der Waals surface area contributed by atoms with Crippen molar-refractivity contribution in [2.24, 2.45) is 0 Å². The minimum absolute atomic E-state index is 0.178. The van der Waals surface area contributed by atoms with E-state index in [1.54, 1.807) is 23.2 Å². The molecule has 6 heteroatoms. The van der Waals surface area contributed by atoms with Gasteiger partial charge in [0, 0.05) is 18.4 Å². The summed E-state index contributed by atoms with van der Waals surface area (Å²) < 4.78 is 0. The molecule has 2 aromatic carbocycles. The van der Waals surface area contributed by atoms with Crippen molar-refractivity contribution in [2.45, 2.75) is 13.8 Å². The average Bonchev–Trinajstić information content (AvgIpc) is 2.64. The number of nitrogens with one attached hydrogen (secondary N) is 1. The first-order valence-electron chi connectivity index (χ1n) is 8.31. The van der Waals surface area contributed by atoms with Crippen LogP contribution in [0.4, 0.5) is 17.3 Å². The van der Waals surface area contributed by atoms with Gasteiger partial charge in [0.05, 0.1) is 10.7 Å². The van der Waals surface area contributed by atoms with Crippen molar-refractivity contribution in [3.05, 3.63) is 77.1 Å². The number of hydrogen-bond donors (Lipinski definition) is 1. The summed E-state index contributed by atoms with van der Waals surface area (Å²) in [6.07, 6.45) is 1.56. The number of hydrogen-bond acceptors (Lipinski definition) is 4. The fraction of sp³-hybridized carbons (Fsp3) is 0.150. The van der Waals surface area contributed by atoms with Gasteiger partial charge in [-0.05, 0) is 49.7 Å². The minimum atomic E-state index is -0.178. The van der Waals surface area contributed by atoms with Crippen LogP contribution in [0.2, 0.25) is 5.02 Å². The fourth-order valence-electron chi connectivity index (χ4n) is 2.60. The third kappa shape index (κ3) is 4.00. The second kappa shape index (κ2) is 7.97. The third-order valence-corrected chi connectivity index (χ3v) is 4.20. The zero-order chi connectivity index (χ0) is 18.5. The highest BCUT2D eigenvalue weighted by molar-refractivity contribution is 6.33. The second-order valence-electron chi connectivity index (χ2n) is 5.76. The SMILES string of the molecule is CCN(C(=O)c1ccnc(Nc2ccccc2Cl)n1)c1cccc(C)c1. The summed E-state index contributed by atoms with van der Waals surface area (Å²) in [5.41, 5.74) is 2.94. The summed E-state index contributed by atoms with van der Waals surface area (Å²) in [5, 5.41) is 3.61. The Hall–Kier alpha value is -2.92. The molecule has 3 aromatic rings. The predicted molar refractivity (Wildman–Crippen MR) is 105 cm³/mol. The van der Waals surface area contributed by atoms with Crippen molar-refractivity contribution >= 4 is 34.8 Å². The Morgan fingerprint density at radius 2 is 1.96 bits per heavy atom. The molecule has 0 spiro atoms. The van der Waals surface area contributed by atoms with E-state index in [-0.39, 0.29) is 5.91 Å². The Morgan fingerprint density at radius 3 is 2.69 bits per heavy atom. The molecule has 132 valence electrons. The Kier molecular flexibility index (Phi) is 5.49. The Morgan fingerprint density at radius 1 is 1.15 bits per heavy atom. The van der Waals surface area contributed by atoms with E-state index in [0.29, 0.717) is 28.9 Å². The first kappa shape index (κ1) is 17.9. The Labute approximate surface area is 157 Å². The van der Waals surface area contributed by atoms with Crippen LogP contribution in [0.3, 0.4) is 0 Å². The number of aromatic nitrogens is 2. The lowest BCUT2D eigenvalue weighted by molar-refractivity contribution is 0.0983. The van der Waals surface area contributed by atoms with E-state index < -0.39 is 0 Å². The molecule has 0 atom stereocenters. The van der Waals surface area contributed by atoms with Gasteiger partial charge in [0.15, 0.2) is 0 Å². The summed E-state index contributed by atoms with van der Waals surface area (Å²) in [5.74, 6) is 0.145. The standard InChI is InChI=1S/C20H19ClN4O/c1-3-25(15-8-6-7-14(2)13-15)19(26)18-11-12-22-20(24-18)23-17-10-5-4-9-16(17)21/h4-13H,3H2,1-2H3,(H,22,23,24). The van der Waals surface area contributed by atoms with Gasteiger partial charge in [-0.25, -0.2) is 9.97 Å². The number of para-hydroxylation sites is 1. The van der Waals surface area contributed by atoms with E-state index in [1.807, 2.05) is 56.3 Å². The molecule has 1 heterocycles. The van der Waals surface area contributed by atoms with Gasteiger partial charge in [0.2, 0.25) is 5.95 Å². The predicted octanol–water partition coefficient (Wildman–Crippen LogP) is 4.85. The van der Waals surface area contributed by atoms with Crippen LogP contribution in [-0.4, -0.2) is 22.4 Å². The number of anilines is 3. The van der Waals surface area contributed by atoms with Gasteiger partial charge in [-0.2, -0.15) is 0 Å². The van der Waals surface area contributed by atoms with E-state index in [2.05, 4.69) is 15.3 Å². The van der Waals surface area contributed by atoms with Crippen LogP contribution in [0.25, 0.3) is 0 Å². The molecule has 0 saturated carbocycles. The van der Waals surface area contributed by atoms with E-state index >= 15 is 0 Å². The first-order valence-corrected chi connectivity index (χ1v) is 8.69. The lowest BCUT2D eigenvalue weighted by Gasteiger charge is -2.21. The van der Waals surface area contributed by atoms with Crippen LogP contribution in [0.5, 0.6) is 0 Å². The molecule has 0 radical (unpaired) electrons. The summed E-state index contributed by atoms with van der Waals surface area (Å²) in [4.78, 5) is 23.2. The van der Waals surface area contributed by atoms with Crippen LogP contribution in [0.1, 0.15) is 23.0 Å². The van der Waals surface area contributed by atoms with E-state index in [4.69, 9.17) is 11.6 Å². The molecule has 0 aliphatic rings. The molecule has 26 heavy (non-hydrogen) atoms. The van der Waals surface area contributed by atoms with Crippen LogP contribution in [0.15, 0.2) is 60.8 Å². The van der Waals surface area contributed by atoms with Crippen molar-refractivity contribution in [2.75, 3.05) is 16.8 Å². The maximum atomic E-state index is 12.9. The molecule has 5 nitrogen and oxygen atoms in total. The van der Waals surface area contributed by atoms with Crippen molar-refractivity contribution in [3.8, 4) is 0 Å². The number of aryl methyl sites for hydroxylation is 1. The highest BCUT2D eigenvalue weighted by atomic mass is 35.5. The molecule has 3 rings (SSSR count). The van der Waals surface area contributed by atoms with E-state index in [0.717, 1.165) is 11.3 Å². The lowest BCUT2D eigenvalue weighted by atomic mass is 10.2. The van der Waals surface area contributed by atoms with Crippen LogP contribution >= 0.6 is 11.6 Å². The molecule has 0 bridgehead atoms. The Balaban J connectivity index is 1.86. The van der Waals surface area contributed by atoms with E-state index in [9.17, 15) is 4.79 Å². The van der Waals surface area contributed by atoms with Gasteiger partial charge in [0.1, 0.15) is 5.69 Å². The van der Waals surface area contributed by atoms with Crippen molar-refractivity contribution < 1.29 is 4.79 Å². The number of halogens is 1. The molecule has 0 unspecified atom stereocenters. The maximum Gasteiger partial charge on any atom is 0.277 e. The van der Waals surface area contributed by atoms with Gasteiger partial charge in [-0.1, -0.05) is 35.9 Å². The van der Waals surface area contributed by atoms with Crippen LogP contribution in [-0.2, 0) is 0 Å². The smallest absolute Gasteiger partial charge is 0.277 e. The van der Waals surface area contributed by atoms with E-state index in [1.165, 1.54) is 0 Å². The quantitative estimate of drug-likeness (QED) is 0.701. The number of nitrogens with zero attached hydrogens (tertiary/aromatic N) is 3. The van der Waals surface area contributed by atoms with Gasteiger partial charge >= 0.3 is 0 Å². The largest absolute Gasteiger partial charge is 0.323 e. The summed E-state index contributed by atoms with van der Waals surface area (Å²) in [7, 11) is 0. The molecular weight excluding hydrogens is 348 g/mol. The topological polar surface area (TPSA) is 58.1 Å². The zero-order valence-corrected chi connectivity index (χ0v) is 15.4.